The predicted molar refractivity (Wildman–Crippen MR) is 106 cm³/mol. The van der Waals surface area contributed by atoms with Crippen LogP contribution in [0.15, 0.2) is 24.3 Å². The van der Waals surface area contributed by atoms with Crippen LogP contribution in [0.3, 0.4) is 0 Å². The first kappa shape index (κ1) is 16.9. The summed E-state index contributed by atoms with van der Waals surface area (Å²) in [6, 6.07) is 11.2. The number of fused-ring (bicyclic) bond motifs is 3. The number of para-hydroxylation sites is 2. The van der Waals surface area contributed by atoms with Gasteiger partial charge in [-0.3, -0.25) is 4.40 Å². The molecule has 0 radical (unpaired) electrons. The zero-order valence-corrected chi connectivity index (χ0v) is 16.0. The number of nitrogens with zero attached hydrogens (tertiary/aromatic N) is 5. The van der Waals surface area contributed by atoms with Crippen molar-refractivity contribution in [3.8, 4) is 6.07 Å². The number of rotatable bonds is 3. The molecule has 1 saturated heterocycles. The Bertz CT molecular complexity index is 1020. The van der Waals surface area contributed by atoms with Gasteiger partial charge in [0.15, 0.2) is 5.65 Å². The predicted octanol–water partition coefficient (Wildman–Crippen LogP) is 3.37. The van der Waals surface area contributed by atoms with Gasteiger partial charge in [0.25, 0.3) is 0 Å². The van der Waals surface area contributed by atoms with E-state index in [1.807, 2.05) is 18.2 Å². The van der Waals surface area contributed by atoms with Gasteiger partial charge in [0, 0.05) is 19.1 Å². The highest BCUT2D eigenvalue weighted by atomic mass is 15.3. The van der Waals surface area contributed by atoms with Gasteiger partial charge in [-0.05, 0) is 57.1 Å². The number of hydrogen-bond acceptors (Lipinski definition) is 4. The molecule has 3 heterocycles. The van der Waals surface area contributed by atoms with Crippen molar-refractivity contribution < 1.29 is 0 Å². The van der Waals surface area contributed by atoms with Crippen molar-refractivity contribution in [2.24, 2.45) is 0 Å². The fourth-order valence-electron chi connectivity index (χ4n) is 4.27. The maximum Gasteiger partial charge on any atom is 0.157 e. The van der Waals surface area contributed by atoms with Crippen LogP contribution in [0, 0.1) is 18.3 Å². The SMILES string of the molecule is CCc1c(C)c(C#N)c2nc3ccccc3n2c1N1CC[C@H](N(C)C)C1. The maximum atomic E-state index is 9.81. The van der Waals surface area contributed by atoms with E-state index < -0.39 is 0 Å². The fraction of sp³-hybridized carbons (Fsp3) is 0.429. The smallest absolute Gasteiger partial charge is 0.157 e. The monoisotopic (exact) mass is 347 g/mol. The van der Waals surface area contributed by atoms with E-state index in [0.29, 0.717) is 11.6 Å². The lowest BCUT2D eigenvalue weighted by atomic mass is 10.0. The van der Waals surface area contributed by atoms with Crippen LogP contribution in [0.25, 0.3) is 16.7 Å². The molecule has 5 nitrogen and oxygen atoms in total. The Morgan fingerprint density at radius 1 is 1.31 bits per heavy atom. The van der Waals surface area contributed by atoms with E-state index in [1.54, 1.807) is 0 Å². The standard InChI is InChI=1S/C21H25N5/c1-5-16-14(2)17(12-22)20-23-18-8-6-7-9-19(18)26(20)21(16)25-11-10-15(13-25)24(3)4/h6-9,15H,5,10-11,13H2,1-4H3/t15-/m0/s1. The molecule has 3 aromatic rings. The van der Waals surface area contributed by atoms with E-state index in [1.165, 1.54) is 11.4 Å². The van der Waals surface area contributed by atoms with Gasteiger partial charge in [-0.2, -0.15) is 5.26 Å². The zero-order chi connectivity index (χ0) is 18.4. The highest BCUT2D eigenvalue weighted by Crippen LogP contribution is 2.35. The molecule has 1 fully saturated rings. The summed E-state index contributed by atoms with van der Waals surface area (Å²) in [6.45, 7) is 6.28. The Hall–Kier alpha value is -2.58. The van der Waals surface area contributed by atoms with E-state index in [2.05, 4.69) is 54.3 Å². The van der Waals surface area contributed by atoms with Crippen molar-refractivity contribution in [2.45, 2.75) is 32.7 Å². The van der Waals surface area contributed by atoms with Gasteiger partial charge in [-0.1, -0.05) is 19.1 Å². The number of nitriles is 1. The molecular formula is C21H25N5. The Balaban J connectivity index is 2.06. The second-order valence-corrected chi connectivity index (χ2v) is 7.38. The Labute approximate surface area is 154 Å². The molecule has 1 aromatic carbocycles. The molecule has 1 aliphatic heterocycles. The van der Waals surface area contributed by atoms with E-state index >= 15 is 0 Å². The number of benzene rings is 1. The van der Waals surface area contributed by atoms with Crippen molar-refractivity contribution in [2.75, 3.05) is 32.1 Å². The summed E-state index contributed by atoms with van der Waals surface area (Å²) in [5, 5.41) is 9.81. The summed E-state index contributed by atoms with van der Waals surface area (Å²) in [5.41, 5.74) is 5.84. The van der Waals surface area contributed by atoms with Gasteiger partial charge >= 0.3 is 0 Å². The molecular weight excluding hydrogens is 322 g/mol. The summed E-state index contributed by atoms with van der Waals surface area (Å²) in [4.78, 5) is 9.61. The van der Waals surface area contributed by atoms with E-state index in [9.17, 15) is 5.26 Å². The number of aromatic nitrogens is 2. The minimum Gasteiger partial charge on any atom is -0.356 e. The third-order valence-electron chi connectivity index (χ3n) is 5.75. The van der Waals surface area contributed by atoms with E-state index in [4.69, 9.17) is 4.98 Å². The number of likely N-dealkylation sites (N-methyl/N-ethyl adjacent to an activating group) is 1. The van der Waals surface area contributed by atoms with Crippen LogP contribution in [0.5, 0.6) is 0 Å². The minimum atomic E-state index is 0.556. The molecule has 0 spiro atoms. The summed E-state index contributed by atoms with van der Waals surface area (Å²) in [5.74, 6) is 1.22. The molecule has 4 rings (SSSR count). The second kappa shape index (κ2) is 6.30. The summed E-state index contributed by atoms with van der Waals surface area (Å²) in [7, 11) is 4.31. The molecule has 0 bridgehead atoms. The number of pyridine rings is 1. The summed E-state index contributed by atoms with van der Waals surface area (Å²) < 4.78 is 2.22. The van der Waals surface area contributed by atoms with Gasteiger partial charge in [0.2, 0.25) is 0 Å². The van der Waals surface area contributed by atoms with Gasteiger partial charge < -0.3 is 9.80 Å². The van der Waals surface area contributed by atoms with Crippen molar-refractivity contribution >= 4 is 22.5 Å². The number of hydrogen-bond donors (Lipinski definition) is 0. The quantitative estimate of drug-likeness (QED) is 0.729. The topological polar surface area (TPSA) is 47.6 Å². The van der Waals surface area contributed by atoms with Crippen LogP contribution in [0.2, 0.25) is 0 Å². The van der Waals surface area contributed by atoms with Crippen molar-refractivity contribution in [1.82, 2.24) is 14.3 Å². The molecule has 1 aliphatic rings. The maximum absolute atomic E-state index is 9.81. The molecule has 2 aromatic heterocycles. The summed E-state index contributed by atoms with van der Waals surface area (Å²) >= 11 is 0. The molecule has 0 aliphatic carbocycles. The fourth-order valence-corrected chi connectivity index (χ4v) is 4.27. The molecule has 0 saturated carbocycles. The molecule has 5 heteroatoms. The van der Waals surface area contributed by atoms with Crippen molar-refractivity contribution in [3.05, 3.63) is 41.0 Å². The van der Waals surface area contributed by atoms with Gasteiger partial charge in [-0.15, -0.1) is 0 Å². The lowest BCUT2D eigenvalue weighted by molar-refractivity contribution is 0.315. The first-order valence-electron chi connectivity index (χ1n) is 9.30. The average Bonchev–Trinajstić information content (AvgIpc) is 3.26. The third kappa shape index (κ3) is 2.37. The molecule has 0 unspecified atom stereocenters. The van der Waals surface area contributed by atoms with Crippen LogP contribution in [0.1, 0.15) is 30.0 Å². The largest absolute Gasteiger partial charge is 0.356 e. The van der Waals surface area contributed by atoms with Gasteiger partial charge in [-0.25, -0.2) is 4.98 Å². The summed E-state index contributed by atoms with van der Waals surface area (Å²) in [6.07, 6.45) is 2.06. The normalized spacial score (nSPS) is 17.5. The van der Waals surface area contributed by atoms with Gasteiger partial charge in [0.05, 0.1) is 16.6 Å². The Morgan fingerprint density at radius 2 is 2.08 bits per heavy atom. The first-order valence-corrected chi connectivity index (χ1v) is 9.30. The second-order valence-electron chi connectivity index (χ2n) is 7.38. The molecule has 0 N–H and O–H groups in total. The van der Waals surface area contributed by atoms with Crippen LogP contribution >= 0.6 is 0 Å². The van der Waals surface area contributed by atoms with Crippen LogP contribution in [-0.4, -0.2) is 47.5 Å². The minimum absolute atomic E-state index is 0.556. The number of anilines is 1. The highest BCUT2D eigenvalue weighted by molar-refractivity contribution is 5.86. The van der Waals surface area contributed by atoms with E-state index in [-0.39, 0.29) is 0 Å². The lowest BCUT2D eigenvalue weighted by Gasteiger charge is -2.26. The zero-order valence-electron chi connectivity index (χ0n) is 16.0. The van der Waals surface area contributed by atoms with Crippen LogP contribution in [0.4, 0.5) is 5.82 Å². The first-order chi connectivity index (χ1) is 12.6. The molecule has 26 heavy (non-hydrogen) atoms. The molecule has 134 valence electrons. The Morgan fingerprint density at radius 3 is 2.73 bits per heavy atom. The van der Waals surface area contributed by atoms with E-state index in [0.717, 1.165) is 48.2 Å². The molecule has 0 amide bonds. The van der Waals surface area contributed by atoms with Crippen LogP contribution < -0.4 is 4.90 Å². The van der Waals surface area contributed by atoms with Crippen LogP contribution in [-0.2, 0) is 6.42 Å². The van der Waals surface area contributed by atoms with Crippen molar-refractivity contribution in [3.63, 3.8) is 0 Å². The number of imidazole rings is 1. The third-order valence-corrected chi connectivity index (χ3v) is 5.75. The van der Waals surface area contributed by atoms with Crippen molar-refractivity contribution in [1.29, 1.82) is 5.26 Å². The molecule has 1 atom stereocenters. The Kier molecular flexibility index (Phi) is 4.08. The lowest BCUT2D eigenvalue weighted by Crippen LogP contribution is -2.32. The average molecular weight is 347 g/mol. The van der Waals surface area contributed by atoms with Gasteiger partial charge in [0.1, 0.15) is 11.9 Å². The highest BCUT2D eigenvalue weighted by Gasteiger charge is 2.29.